The number of pyridine rings is 1. The zero-order valence-corrected chi connectivity index (χ0v) is 14.0. The van der Waals surface area contributed by atoms with E-state index in [2.05, 4.69) is 23.1 Å². The number of aromatic hydroxyl groups is 1. The van der Waals surface area contributed by atoms with Gasteiger partial charge in [-0.25, -0.2) is 4.98 Å². The summed E-state index contributed by atoms with van der Waals surface area (Å²) in [5.41, 5.74) is 4.91. The van der Waals surface area contributed by atoms with Crippen molar-refractivity contribution in [3.05, 3.63) is 48.0 Å². The molecule has 1 fully saturated rings. The minimum Gasteiger partial charge on any atom is -0.507 e. The molecule has 25 heavy (non-hydrogen) atoms. The van der Waals surface area contributed by atoms with Crippen LogP contribution in [0.1, 0.15) is 18.4 Å². The SMILES string of the molecule is Oc1cc(-c2cccc3c2OCC3)nc2ccc(N3CCCC3)cc12. The fourth-order valence-corrected chi connectivity index (χ4v) is 3.92. The lowest BCUT2D eigenvalue weighted by Crippen LogP contribution is -2.17. The highest BCUT2D eigenvalue weighted by Crippen LogP contribution is 2.39. The normalized spacial score (nSPS) is 16.2. The number of ether oxygens (including phenoxy) is 1. The monoisotopic (exact) mass is 332 g/mol. The Balaban J connectivity index is 1.62. The minimum atomic E-state index is 0.275. The number of rotatable bonds is 2. The summed E-state index contributed by atoms with van der Waals surface area (Å²) in [4.78, 5) is 7.16. The molecule has 4 heteroatoms. The van der Waals surface area contributed by atoms with Crippen LogP contribution in [-0.4, -0.2) is 29.8 Å². The summed E-state index contributed by atoms with van der Waals surface area (Å²) in [6.45, 7) is 2.89. The molecule has 0 bridgehead atoms. The van der Waals surface area contributed by atoms with Gasteiger partial charge >= 0.3 is 0 Å². The second-order valence-corrected chi connectivity index (χ2v) is 6.81. The molecule has 1 saturated heterocycles. The highest BCUT2D eigenvalue weighted by Gasteiger charge is 2.19. The van der Waals surface area contributed by atoms with E-state index in [1.54, 1.807) is 6.07 Å². The van der Waals surface area contributed by atoms with Crippen LogP contribution in [-0.2, 0) is 6.42 Å². The fourth-order valence-electron chi connectivity index (χ4n) is 3.92. The van der Waals surface area contributed by atoms with E-state index in [0.29, 0.717) is 6.61 Å². The molecule has 0 amide bonds. The van der Waals surface area contributed by atoms with Crippen LogP contribution in [0, 0.1) is 0 Å². The van der Waals surface area contributed by atoms with E-state index < -0.39 is 0 Å². The average molecular weight is 332 g/mol. The summed E-state index contributed by atoms with van der Waals surface area (Å²) < 4.78 is 5.79. The molecule has 2 aliphatic heterocycles. The molecule has 3 aromatic rings. The third kappa shape index (κ3) is 2.40. The maximum absolute atomic E-state index is 10.6. The Hall–Kier alpha value is -2.75. The quantitative estimate of drug-likeness (QED) is 0.766. The van der Waals surface area contributed by atoms with Gasteiger partial charge in [-0.2, -0.15) is 0 Å². The van der Waals surface area contributed by atoms with E-state index >= 15 is 0 Å². The van der Waals surface area contributed by atoms with E-state index in [0.717, 1.165) is 47.4 Å². The molecular formula is C21H20N2O2. The van der Waals surface area contributed by atoms with Gasteiger partial charge < -0.3 is 14.7 Å². The van der Waals surface area contributed by atoms with Crippen molar-refractivity contribution in [1.82, 2.24) is 4.98 Å². The lowest BCUT2D eigenvalue weighted by molar-refractivity contribution is 0.358. The van der Waals surface area contributed by atoms with Crippen LogP contribution in [0.25, 0.3) is 22.2 Å². The van der Waals surface area contributed by atoms with Crippen molar-refractivity contribution in [3.8, 4) is 22.8 Å². The van der Waals surface area contributed by atoms with Crippen molar-refractivity contribution >= 4 is 16.6 Å². The van der Waals surface area contributed by atoms with E-state index in [-0.39, 0.29) is 5.75 Å². The number of nitrogens with zero attached hydrogens (tertiary/aromatic N) is 2. The van der Waals surface area contributed by atoms with Crippen molar-refractivity contribution in [1.29, 1.82) is 0 Å². The Bertz CT molecular complexity index is 962. The van der Waals surface area contributed by atoms with Gasteiger partial charge in [0, 0.05) is 42.2 Å². The predicted molar refractivity (Wildman–Crippen MR) is 99.5 cm³/mol. The van der Waals surface area contributed by atoms with E-state index in [4.69, 9.17) is 9.72 Å². The number of aromatic nitrogens is 1. The first kappa shape index (κ1) is 14.6. The van der Waals surface area contributed by atoms with Gasteiger partial charge in [0.2, 0.25) is 0 Å². The van der Waals surface area contributed by atoms with E-state index in [1.165, 1.54) is 24.1 Å². The number of benzene rings is 2. The third-order valence-electron chi connectivity index (χ3n) is 5.23. The Labute approximate surface area is 146 Å². The molecule has 4 nitrogen and oxygen atoms in total. The van der Waals surface area contributed by atoms with E-state index in [1.807, 2.05) is 18.2 Å². The highest BCUT2D eigenvalue weighted by atomic mass is 16.5. The van der Waals surface area contributed by atoms with Crippen LogP contribution < -0.4 is 9.64 Å². The van der Waals surface area contributed by atoms with Crippen LogP contribution in [0.5, 0.6) is 11.5 Å². The molecule has 0 aliphatic carbocycles. The van der Waals surface area contributed by atoms with Gasteiger partial charge in [-0.1, -0.05) is 12.1 Å². The Morgan fingerprint density at radius 2 is 1.92 bits per heavy atom. The first-order chi connectivity index (χ1) is 12.3. The molecule has 0 radical (unpaired) electrons. The van der Waals surface area contributed by atoms with Gasteiger partial charge in [-0.3, -0.25) is 0 Å². The molecule has 1 aromatic heterocycles. The largest absolute Gasteiger partial charge is 0.507 e. The molecule has 126 valence electrons. The van der Waals surface area contributed by atoms with Gasteiger partial charge in [-0.15, -0.1) is 0 Å². The van der Waals surface area contributed by atoms with Crippen LogP contribution in [0.4, 0.5) is 5.69 Å². The maximum atomic E-state index is 10.6. The lowest BCUT2D eigenvalue weighted by atomic mass is 10.0. The highest BCUT2D eigenvalue weighted by molar-refractivity contribution is 5.91. The number of anilines is 1. The van der Waals surface area contributed by atoms with Crippen molar-refractivity contribution < 1.29 is 9.84 Å². The zero-order chi connectivity index (χ0) is 16.8. The molecule has 0 atom stereocenters. The Kier molecular flexibility index (Phi) is 3.30. The second-order valence-electron chi connectivity index (χ2n) is 6.81. The molecule has 3 heterocycles. The third-order valence-corrected chi connectivity index (χ3v) is 5.23. The zero-order valence-electron chi connectivity index (χ0n) is 14.0. The second kappa shape index (κ2) is 5.66. The summed E-state index contributed by atoms with van der Waals surface area (Å²) in [6.07, 6.45) is 3.41. The standard InChI is InChI=1S/C21H20N2O2/c24-20-13-19(16-5-3-4-14-8-11-25-21(14)16)22-18-7-6-15(12-17(18)20)23-9-1-2-10-23/h3-7,12-13H,1-2,8-11H2,(H,22,24). The molecule has 1 N–H and O–H groups in total. The van der Waals surface area contributed by atoms with Crippen LogP contribution in [0.3, 0.4) is 0 Å². The number of hydrogen-bond donors (Lipinski definition) is 1. The summed E-state index contributed by atoms with van der Waals surface area (Å²) >= 11 is 0. The van der Waals surface area contributed by atoms with Crippen molar-refractivity contribution in [2.24, 2.45) is 0 Å². The first-order valence-corrected chi connectivity index (χ1v) is 8.93. The van der Waals surface area contributed by atoms with Crippen LogP contribution >= 0.6 is 0 Å². The Morgan fingerprint density at radius 3 is 2.80 bits per heavy atom. The molecular weight excluding hydrogens is 312 g/mol. The summed E-state index contributed by atoms with van der Waals surface area (Å²) in [7, 11) is 0. The molecule has 0 unspecified atom stereocenters. The molecule has 2 aliphatic rings. The van der Waals surface area contributed by atoms with Gasteiger partial charge in [0.15, 0.2) is 0 Å². The van der Waals surface area contributed by atoms with E-state index in [9.17, 15) is 5.11 Å². The maximum Gasteiger partial charge on any atom is 0.132 e. The van der Waals surface area contributed by atoms with Crippen molar-refractivity contribution in [3.63, 3.8) is 0 Å². The molecule has 0 spiro atoms. The number of para-hydroxylation sites is 1. The number of hydrogen-bond acceptors (Lipinski definition) is 4. The summed E-state index contributed by atoms with van der Waals surface area (Å²) in [6, 6.07) is 14.1. The molecule has 5 rings (SSSR count). The topological polar surface area (TPSA) is 45.6 Å². The predicted octanol–water partition coefficient (Wildman–Crippen LogP) is 4.14. The summed E-state index contributed by atoms with van der Waals surface area (Å²) in [5.74, 6) is 1.18. The van der Waals surface area contributed by atoms with Crippen molar-refractivity contribution in [2.75, 3.05) is 24.6 Å². The van der Waals surface area contributed by atoms with Gasteiger partial charge in [0.25, 0.3) is 0 Å². The van der Waals surface area contributed by atoms with Crippen LogP contribution in [0.15, 0.2) is 42.5 Å². The Morgan fingerprint density at radius 1 is 1.04 bits per heavy atom. The lowest BCUT2D eigenvalue weighted by Gasteiger charge is -2.18. The van der Waals surface area contributed by atoms with Gasteiger partial charge in [0.05, 0.1) is 17.8 Å². The minimum absolute atomic E-state index is 0.275. The van der Waals surface area contributed by atoms with Gasteiger partial charge in [-0.05, 0) is 42.7 Å². The average Bonchev–Trinajstić information content (AvgIpc) is 3.32. The number of fused-ring (bicyclic) bond motifs is 2. The molecule has 2 aromatic carbocycles. The smallest absolute Gasteiger partial charge is 0.132 e. The fraction of sp³-hybridized carbons (Fsp3) is 0.286. The van der Waals surface area contributed by atoms with Crippen molar-refractivity contribution in [2.45, 2.75) is 19.3 Å². The van der Waals surface area contributed by atoms with Crippen LogP contribution in [0.2, 0.25) is 0 Å². The van der Waals surface area contributed by atoms with Gasteiger partial charge in [0.1, 0.15) is 11.5 Å². The first-order valence-electron chi connectivity index (χ1n) is 8.93. The molecule has 0 saturated carbocycles. The summed E-state index contributed by atoms with van der Waals surface area (Å²) in [5, 5.41) is 11.4.